The molecule has 0 saturated heterocycles. The molecule has 2 aromatic rings. The standard InChI is InChI=1S/C17H15ClN2O5/c1-10-5-3-4-6-15(10)19-16(21)11(2)25-17(22)13-8-7-12(20(23)24)9-14(13)18/h3-9,11H,1-2H3,(H,19,21). The number of nitro benzene ring substituents is 1. The molecule has 1 atom stereocenters. The molecule has 0 spiro atoms. The van der Waals surface area contributed by atoms with Crippen molar-refractivity contribution in [3.8, 4) is 0 Å². The highest BCUT2D eigenvalue weighted by Crippen LogP contribution is 2.23. The first-order valence-corrected chi connectivity index (χ1v) is 7.69. The molecule has 0 fully saturated rings. The minimum atomic E-state index is -1.07. The number of amides is 1. The van der Waals surface area contributed by atoms with Crippen LogP contribution in [0.3, 0.4) is 0 Å². The van der Waals surface area contributed by atoms with Gasteiger partial charge in [-0.15, -0.1) is 0 Å². The number of rotatable bonds is 5. The molecular formula is C17H15ClN2O5. The van der Waals surface area contributed by atoms with Gasteiger partial charge in [0.15, 0.2) is 6.10 Å². The Hall–Kier alpha value is -2.93. The smallest absolute Gasteiger partial charge is 0.340 e. The molecule has 0 radical (unpaired) electrons. The number of non-ortho nitro benzene ring substituents is 1. The van der Waals surface area contributed by atoms with Crippen LogP contribution in [0, 0.1) is 17.0 Å². The van der Waals surface area contributed by atoms with Gasteiger partial charge in [-0.1, -0.05) is 29.8 Å². The Balaban J connectivity index is 2.06. The number of anilines is 1. The van der Waals surface area contributed by atoms with E-state index in [0.717, 1.165) is 17.7 Å². The lowest BCUT2D eigenvalue weighted by Crippen LogP contribution is -2.30. The Morgan fingerprint density at radius 1 is 1.24 bits per heavy atom. The molecule has 0 aliphatic rings. The van der Waals surface area contributed by atoms with Crippen LogP contribution in [0.15, 0.2) is 42.5 Å². The average molecular weight is 363 g/mol. The maximum Gasteiger partial charge on any atom is 0.340 e. The van der Waals surface area contributed by atoms with Gasteiger partial charge in [0.05, 0.1) is 15.5 Å². The lowest BCUT2D eigenvalue weighted by molar-refractivity contribution is -0.384. The third kappa shape index (κ3) is 4.54. The third-order valence-corrected chi connectivity index (χ3v) is 3.75. The predicted molar refractivity (Wildman–Crippen MR) is 92.8 cm³/mol. The van der Waals surface area contributed by atoms with Gasteiger partial charge < -0.3 is 10.1 Å². The van der Waals surface area contributed by atoms with Crippen molar-refractivity contribution in [3.63, 3.8) is 0 Å². The summed E-state index contributed by atoms with van der Waals surface area (Å²) in [6.45, 7) is 3.26. The Bertz CT molecular complexity index is 838. The number of carbonyl (C=O) groups excluding carboxylic acids is 2. The number of esters is 1. The van der Waals surface area contributed by atoms with Crippen LogP contribution in [-0.2, 0) is 9.53 Å². The van der Waals surface area contributed by atoms with E-state index >= 15 is 0 Å². The van der Waals surface area contributed by atoms with Crippen LogP contribution >= 0.6 is 11.6 Å². The summed E-state index contributed by atoms with van der Waals surface area (Å²) in [6.07, 6.45) is -1.07. The molecule has 0 aliphatic heterocycles. The summed E-state index contributed by atoms with van der Waals surface area (Å²) in [5.41, 5.74) is 1.19. The van der Waals surface area contributed by atoms with Gasteiger partial charge >= 0.3 is 5.97 Å². The highest BCUT2D eigenvalue weighted by atomic mass is 35.5. The summed E-state index contributed by atoms with van der Waals surface area (Å²) in [6, 6.07) is 10.6. The average Bonchev–Trinajstić information content (AvgIpc) is 2.56. The Kier molecular flexibility index (Phi) is 5.71. The highest BCUT2D eigenvalue weighted by Gasteiger charge is 2.22. The number of ether oxygens (including phenoxy) is 1. The molecule has 8 heteroatoms. The number of halogens is 1. The minimum absolute atomic E-state index is 0.0530. The van der Waals surface area contributed by atoms with E-state index in [2.05, 4.69) is 5.32 Å². The summed E-state index contributed by atoms with van der Waals surface area (Å²) in [5, 5.41) is 13.2. The molecule has 2 rings (SSSR count). The summed E-state index contributed by atoms with van der Waals surface area (Å²) >= 11 is 5.88. The highest BCUT2D eigenvalue weighted by molar-refractivity contribution is 6.33. The van der Waals surface area contributed by atoms with Crippen LogP contribution in [0.2, 0.25) is 5.02 Å². The van der Waals surface area contributed by atoms with Crippen LogP contribution in [0.1, 0.15) is 22.8 Å². The van der Waals surface area contributed by atoms with E-state index in [1.54, 1.807) is 12.1 Å². The van der Waals surface area contributed by atoms with E-state index in [1.165, 1.54) is 13.0 Å². The first-order valence-electron chi connectivity index (χ1n) is 7.31. The summed E-state index contributed by atoms with van der Waals surface area (Å²) < 4.78 is 5.09. The molecule has 1 N–H and O–H groups in total. The van der Waals surface area contributed by atoms with Crippen LogP contribution in [0.25, 0.3) is 0 Å². The van der Waals surface area contributed by atoms with Crippen LogP contribution in [0.5, 0.6) is 0 Å². The fourth-order valence-electron chi connectivity index (χ4n) is 2.01. The number of para-hydroxylation sites is 1. The number of hydrogen-bond donors (Lipinski definition) is 1. The number of nitrogens with zero attached hydrogens (tertiary/aromatic N) is 1. The zero-order valence-corrected chi connectivity index (χ0v) is 14.2. The minimum Gasteiger partial charge on any atom is -0.449 e. The van der Waals surface area contributed by atoms with Crippen molar-refractivity contribution < 1.29 is 19.2 Å². The van der Waals surface area contributed by atoms with Crippen molar-refractivity contribution in [1.82, 2.24) is 0 Å². The Morgan fingerprint density at radius 2 is 1.92 bits per heavy atom. The van der Waals surface area contributed by atoms with Crippen LogP contribution < -0.4 is 5.32 Å². The molecule has 0 saturated carbocycles. The third-order valence-electron chi connectivity index (χ3n) is 3.44. The molecular weight excluding hydrogens is 348 g/mol. The Morgan fingerprint density at radius 3 is 2.52 bits per heavy atom. The van der Waals surface area contributed by atoms with Crippen molar-refractivity contribution >= 4 is 34.9 Å². The lowest BCUT2D eigenvalue weighted by atomic mass is 10.2. The topological polar surface area (TPSA) is 98.5 Å². The second kappa shape index (κ2) is 7.76. The van der Waals surface area contributed by atoms with Gasteiger partial charge in [0.1, 0.15) is 0 Å². The molecule has 2 aromatic carbocycles. The summed E-state index contributed by atoms with van der Waals surface area (Å²) in [4.78, 5) is 34.3. The number of hydrogen-bond acceptors (Lipinski definition) is 5. The van der Waals surface area contributed by atoms with Gasteiger partial charge in [-0.25, -0.2) is 4.79 Å². The number of nitro groups is 1. The molecule has 0 aliphatic carbocycles. The summed E-state index contributed by atoms with van der Waals surface area (Å²) in [7, 11) is 0. The molecule has 0 aromatic heterocycles. The van der Waals surface area contributed by atoms with Crippen molar-refractivity contribution in [3.05, 3.63) is 68.7 Å². The van der Waals surface area contributed by atoms with Crippen molar-refractivity contribution in [2.24, 2.45) is 0 Å². The van der Waals surface area contributed by atoms with Gasteiger partial charge in [0.25, 0.3) is 11.6 Å². The number of benzene rings is 2. The van der Waals surface area contributed by atoms with Gasteiger partial charge in [-0.3, -0.25) is 14.9 Å². The van der Waals surface area contributed by atoms with Gasteiger partial charge in [-0.05, 0) is 31.5 Å². The normalized spacial score (nSPS) is 11.5. The van der Waals surface area contributed by atoms with E-state index in [1.807, 2.05) is 19.1 Å². The largest absolute Gasteiger partial charge is 0.449 e. The van der Waals surface area contributed by atoms with E-state index < -0.39 is 22.9 Å². The maximum absolute atomic E-state index is 12.1. The molecule has 130 valence electrons. The first kappa shape index (κ1) is 18.4. The fraction of sp³-hybridized carbons (Fsp3) is 0.176. The molecule has 1 amide bonds. The summed E-state index contributed by atoms with van der Waals surface area (Å²) in [5.74, 6) is -1.34. The van der Waals surface area contributed by atoms with E-state index in [-0.39, 0.29) is 16.3 Å². The molecule has 25 heavy (non-hydrogen) atoms. The van der Waals surface area contributed by atoms with E-state index in [0.29, 0.717) is 5.69 Å². The second-order valence-corrected chi connectivity index (χ2v) is 5.68. The van der Waals surface area contributed by atoms with Crippen molar-refractivity contribution in [2.45, 2.75) is 20.0 Å². The first-order chi connectivity index (χ1) is 11.8. The van der Waals surface area contributed by atoms with Crippen LogP contribution in [-0.4, -0.2) is 22.9 Å². The SMILES string of the molecule is Cc1ccccc1NC(=O)C(C)OC(=O)c1ccc([N+](=O)[O-])cc1Cl. The van der Waals surface area contributed by atoms with Gasteiger partial charge in [-0.2, -0.15) is 0 Å². The fourth-order valence-corrected chi connectivity index (χ4v) is 2.26. The molecule has 0 heterocycles. The Labute approximate surface area is 148 Å². The second-order valence-electron chi connectivity index (χ2n) is 5.27. The van der Waals surface area contributed by atoms with E-state index in [9.17, 15) is 19.7 Å². The molecule has 1 unspecified atom stereocenters. The van der Waals surface area contributed by atoms with Gasteiger partial charge in [0, 0.05) is 17.8 Å². The predicted octanol–water partition coefficient (Wildman–Crippen LogP) is 3.74. The zero-order valence-electron chi connectivity index (χ0n) is 13.5. The number of carbonyl (C=O) groups is 2. The maximum atomic E-state index is 12.1. The molecule has 0 bridgehead atoms. The van der Waals surface area contributed by atoms with E-state index in [4.69, 9.17) is 16.3 Å². The molecule has 7 nitrogen and oxygen atoms in total. The van der Waals surface area contributed by atoms with Crippen molar-refractivity contribution in [1.29, 1.82) is 0 Å². The number of aryl methyl sites for hydroxylation is 1. The van der Waals surface area contributed by atoms with Gasteiger partial charge in [0.2, 0.25) is 0 Å². The lowest BCUT2D eigenvalue weighted by Gasteiger charge is -2.15. The quantitative estimate of drug-likeness (QED) is 0.496. The number of nitrogens with one attached hydrogen (secondary N) is 1. The monoisotopic (exact) mass is 362 g/mol. The van der Waals surface area contributed by atoms with Crippen molar-refractivity contribution in [2.75, 3.05) is 5.32 Å². The zero-order chi connectivity index (χ0) is 18.6. The van der Waals surface area contributed by atoms with Crippen LogP contribution in [0.4, 0.5) is 11.4 Å².